The number of Topliss-reactive ketones (excluding diaryl/α,β-unsaturated/α-hetero) is 1. The van der Waals surface area contributed by atoms with Gasteiger partial charge in [-0.3, -0.25) is 9.59 Å². The van der Waals surface area contributed by atoms with Crippen molar-refractivity contribution in [1.82, 2.24) is 0 Å². The molecular formula is C14H15NO3. The van der Waals surface area contributed by atoms with Crippen LogP contribution in [0.4, 0.5) is 5.69 Å². The molecule has 0 fully saturated rings. The summed E-state index contributed by atoms with van der Waals surface area (Å²) in [6, 6.07) is 5.04. The largest absolute Gasteiger partial charge is 0.497 e. The van der Waals surface area contributed by atoms with Gasteiger partial charge in [0.15, 0.2) is 0 Å². The lowest BCUT2D eigenvalue weighted by Gasteiger charge is -2.16. The van der Waals surface area contributed by atoms with Crippen molar-refractivity contribution in [2.75, 3.05) is 18.6 Å². The fourth-order valence-electron chi connectivity index (χ4n) is 1.93. The molecule has 0 radical (unpaired) electrons. The number of methoxy groups -OCH3 is 1. The lowest BCUT2D eigenvalue weighted by molar-refractivity contribution is -0.114. The highest BCUT2D eigenvalue weighted by Crippen LogP contribution is 2.32. The minimum absolute atomic E-state index is 0.447. The Morgan fingerprint density at radius 2 is 2.11 bits per heavy atom. The van der Waals surface area contributed by atoms with Crippen molar-refractivity contribution in [1.29, 1.82) is 0 Å². The molecule has 0 saturated carbocycles. The third-order valence-electron chi connectivity index (χ3n) is 2.94. The highest BCUT2D eigenvalue weighted by atomic mass is 16.5. The van der Waals surface area contributed by atoms with Crippen LogP contribution < -0.4 is 9.64 Å². The molecule has 0 aliphatic carbocycles. The Labute approximate surface area is 106 Å². The minimum Gasteiger partial charge on any atom is -0.497 e. The summed E-state index contributed by atoms with van der Waals surface area (Å²) in [5.74, 6) is -0.287. The Morgan fingerprint density at radius 3 is 2.72 bits per heavy atom. The highest BCUT2D eigenvalue weighted by Gasteiger charge is 2.35. The van der Waals surface area contributed by atoms with E-state index < -0.39 is 11.7 Å². The normalized spacial score (nSPS) is 13.8. The summed E-state index contributed by atoms with van der Waals surface area (Å²) in [5, 5.41) is 0. The number of rotatable bonds is 4. The Morgan fingerprint density at radius 1 is 1.39 bits per heavy atom. The topological polar surface area (TPSA) is 46.6 Å². The van der Waals surface area contributed by atoms with Crippen LogP contribution in [0.1, 0.15) is 23.7 Å². The predicted octanol–water partition coefficient (Wildman–Crippen LogP) is 2.19. The van der Waals surface area contributed by atoms with Crippen LogP contribution in [0.15, 0.2) is 30.4 Å². The Bertz CT molecular complexity index is 534. The molecule has 0 unspecified atom stereocenters. The number of ketones is 1. The van der Waals surface area contributed by atoms with Gasteiger partial charge in [-0.1, -0.05) is 5.57 Å². The smallest absolute Gasteiger partial charge is 0.299 e. The first-order chi connectivity index (χ1) is 8.54. The number of hydrogen-bond donors (Lipinski definition) is 0. The van der Waals surface area contributed by atoms with Gasteiger partial charge in [0.25, 0.3) is 11.7 Å². The molecule has 1 aliphatic rings. The van der Waals surface area contributed by atoms with E-state index in [1.807, 2.05) is 6.92 Å². The zero-order valence-electron chi connectivity index (χ0n) is 10.5. The fraction of sp³-hybridized carbons (Fsp3) is 0.286. The molecule has 0 saturated heterocycles. The molecule has 4 heteroatoms. The number of benzene rings is 1. The molecule has 0 spiro atoms. The average Bonchev–Trinajstić information content (AvgIpc) is 2.59. The first kappa shape index (κ1) is 12.4. The lowest BCUT2D eigenvalue weighted by Crippen LogP contribution is -2.30. The van der Waals surface area contributed by atoms with Crippen molar-refractivity contribution in [3.05, 3.63) is 35.9 Å². The van der Waals surface area contributed by atoms with Crippen LogP contribution in [0, 0.1) is 0 Å². The number of nitrogens with zero attached hydrogens (tertiary/aromatic N) is 1. The summed E-state index contributed by atoms with van der Waals surface area (Å²) in [6.07, 6.45) is 0.676. The van der Waals surface area contributed by atoms with Crippen LogP contribution in [0.5, 0.6) is 5.75 Å². The van der Waals surface area contributed by atoms with Gasteiger partial charge in [-0.2, -0.15) is 0 Å². The second-order valence-electron chi connectivity index (χ2n) is 4.38. The molecule has 1 aromatic carbocycles. The summed E-state index contributed by atoms with van der Waals surface area (Å²) in [4.78, 5) is 25.2. The van der Waals surface area contributed by atoms with Gasteiger partial charge in [-0.05, 0) is 25.5 Å². The van der Waals surface area contributed by atoms with Gasteiger partial charge in [-0.15, -0.1) is 6.58 Å². The minimum atomic E-state index is -0.473. The summed E-state index contributed by atoms with van der Waals surface area (Å²) in [5.41, 5.74) is 2.06. The third kappa shape index (κ3) is 2.01. The van der Waals surface area contributed by atoms with Crippen LogP contribution in [-0.4, -0.2) is 25.3 Å². The van der Waals surface area contributed by atoms with Crippen LogP contribution in [-0.2, 0) is 4.79 Å². The zero-order chi connectivity index (χ0) is 13.3. The van der Waals surface area contributed by atoms with Crippen molar-refractivity contribution >= 4 is 17.4 Å². The zero-order valence-corrected chi connectivity index (χ0v) is 10.5. The van der Waals surface area contributed by atoms with Gasteiger partial charge < -0.3 is 9.64 Å². The number of anilines is 1. The summed E-state index contributed by atoms with van der Waals surface area (Å²) < 4.78 is 5.12. The van der Waals surface area contributed by atoms with E-state index in [1.54, 1.807) is 25.3 Å². The molecule has 0 N–H and O–H groups in total. The van der Waals surface area contributed by atoms with Crippen molar-refractivity contribution in [2.45, 2.75) is 13.3 Å². The van der Waals surface area contributed by atoms with Gasteiger partial charge in [-0.25, -0.2) is 0 Å². The maximum Gasteiger partial charge on any atom is 0.299 e. The van der Waals surface area contributed by atoms with E-state index in [4.69, 9.17) is 4.74 Å². The van der Waals surface area contributed by atoms with E-state index >= 15 is 0 Å². The number of hydrogen-bond acceptors (Lipinski definition) is 3. The number of fused-ring (bicyclic) bond motifs is 1. The molecule has 2 rings (SSSR count). The highest BCUT2D eigenvalue weighted by molar-refractivity contribution is 6.52. The second-order valence-corrected chi connectivity index (χ2v) is 4.38. The van der Waals surface area contributed by atoms with Crippen molar-refractivity contribution in [3.63, 3.8) is 0 Å². The van der Waals surface area contributed by atoms with Gasteiger partial charge in [0.2, 0.25) is 0 Å². The molecule has 1 aliphatic heterocycles. The first-order valence-electron chi connectivity index (χ1n) is 5.73. The summed E-state index contributed by atoms with van der Waals surface area (Å²) >= 11 is 0. The number of amides is 1. The number of carbonyl (C=O) groups excluding carboxylic acids is 2. The summed E-state index contributed by atoms with van der Waals surface area (Å²) in [7, 11) is 1.55. The molecule has 0 aromatic heterocycles. The van der Waals surface area contributed by atoms with E-state index in [-0.39, 0.29) is 0 Å². The third-order valence-corrected chi connectivity index (χ3v) is 2.94. The van der Waals surface area contributed by atoms with Crippen molar-refractivity contribution in [2.24, 2.45) is 0 Å². The summed E-state index contributed by atoms with van der Waals surface area (Å²) in [6.45, 7) is 6.17. The second kappa shape index (κ2) is 4.64. The molecule has 0 bridgehead atoms. The van der Waals surface area contributed by atoms with E-state index in [0.717, 1.165) is 5.57 Å². The average molecular weight is 245 g/mol. The molecular weight excluding hydrogens is 230 g/mol. The predicted molar refractivity (Wildman–Crippen MR) is 69.1 cm³/mol. The first-order valence-corrected chi connectivity index (χ1v) is 5.73. The van der Waals surface area contributed by atoms with E-state index in [1.165, 1.54) is 4.90 Å². The maximum atomic E-state index is 11.9. The molecule has 0 atom stereocenters. The van der Waals surface area contributed by atoms with Crippen LogP contribution >= 0.6 is 0 Å². The Hall–Kier alpha value is -2.10. The molecule has 1 aromatic rings. The fourth-order valence-corrected chi connectivity index (χ4v) is 1.93. The van der Waals surface area contributed by atoms with Gasteiger partial charge in [0.05, 0.1) is 18.4 Å². The Kier molecular flexibility index (Phi) is 3.19. The van der Waals surface area contributed by atoms with Crippen LogP contribution in [0.25, 0.3) is 0 Å². The SMILES string of the molecule is C=C(C)CCN1C(=O)C(=O)c2ccc(OC)cc21. The maximum absolute atomic E-state index is 11.9. The van der Waals surface area contributed by atoms with E-state index in [2.05, 4.69) is 6.58 Å². The molecule has 18 heavy (non-hydrogen) atoms. The van der Waals surface area contributed by atoms with Crippen LogP contribution in [0.3, 0.4) is 0 Å². The van der Waals surface area contributed by atoms with Gasteiger partial charge in [0, 0.05) is 12.6 Å². The molecule has 94 valence electrons. The molecule has 1 amide bonds. The monoisotopic (exact) mass is 245 g/mol. The van der Waals surface area contributed by atoms with E-state index in [0.29, 0.717) is 30.0 Å². The van der Waals surface area contributed by atoms with Crippen LogP contribution in [0.2, 0.25) is 0 Å². The lowest BCUT2D eigenvalue weighted by atomic mass is 10.1. The van der Waals surface area contributed by atoms with Crippen molar-refractivity contribution in [3.8, 4) is 5.75 Å². The van der Waals surface area contributed by atoms with Gasteiger partial charge in [0.1, 0.15) is 5.75 Å². The van der Waals surface area contributed by atoms with Gasteiger partial charge >= 0.3 is 0 Å². The standard InChI is InChI=1S/C14H15NO3/c1-9(2)6-7-15-12-8-10(18-3)4-5-11(12)13(16)14(15)17/h4-5,8H,1,6-7H2,2-3H3. The number of carbonyl (C=O) groups is 2. The molecule has 4 nitrogen and oxygen atoms in total. The molecule has 1 heterocycles. The number of ether oxygens (including phenoxy) is 1. The van der Waals surface area contributed by atoms with E-state index in [9.17, 15) is 9.59 Å². The quantitative estimate of drug-likeness (QED) is 0.603. The Balaban J connectivity index is 2.36. The van der Waals surface area contributed by atoms with Crippen molar-refractivity contribution < 1.29 is 14.3 Å².